The lowest BCUT2D eigenvalue weighted by atomic mass is 10.0. The molecule has 2 rings (SSSR count). The molecule has 0 atom stereocenters. The van der Waals surface area contributed by atoms with E-state index in [-0.39, 0.29) is 19.0 Å². The van der Waals surface area contributed by atoms with Crippen LogP contribution in [0.15, 0.2) is 52.2 Å². The van der Waals surface area contributed by atoms with Gasteiger partial charge in [-0.3, -0.25) is 4.79 Å². The van der Waals surface area contributed by atoms with Crippen molar-refractivity contribution in [2.24, 2.45) is 5.16 Å². The molecular formula is C17H19NO4. The molecule has 0 saturated heterocycles. The highest BCUT2D eigenvalue weighted by atomic mass is 16.6. The van der Waals surface area contributed by atoms with Crippen LogP contribution >= 0.6 is 0 Å². The van der Waals surface area contributed by atoms with Crippen LogP contribution in [-0.4, -0.2) is 18.8 Å². The molecule has 0 aliphatic rings. The Balaban J connectivity index is 1.87. The molecule has 1 aromatic carbocycles. The molecule has 5 heteroatoms. The molecule has 0 fully saturated rings. The Hall–Kier alpha value is -2.56. The van der Waals surface area contributed by atoms with Crippen LogP contribution in [0.1, 0.15) is 29.7 Å². The first-order chi connectivity index (χ1) is 10.7. The first kappa shape index (κ1) is 15.8. The van der Waals surface area contributed by atoms with Gasteiger partial charge in [-0.15, -0.1) is 0 Å². The third-order valence-corrected chi connectivity index (χ3v) is 3.11. The lowest BCUT2D eigenvalue weighted by Crippen LogP contribution is -2.09. The second-order valence-electron chi connectivity index (χ2n) is 4.83. The molecule has 1 heterocycles. The highest BCUT2D eigenvalue weighted by Gasteiger charge is 2.10. The highest BCUT2D eigenvalue weighted by Crippen LogP contribution is 2.11. The van der Waals surface area contributed by atoms with Gasteiger partial charge in [0.1, 0.15) is 19.5 Å². The molecule has 0 unspecified atom stereocenters. The zero-order valence-corrected chi connectivity index (χ0v) is 12.7. The Kier molecular flexibility index (Phi) is 5.77. The smallest absolute Gasteiger partial charge is 0.306 e. The van der Waals surface area contributed by atoms with E-state index in [4.69, 9.17) is 14.0 Å². The van der Waals surface area contributed by atoms with Crippen molar-refractivity contribution in [1.82, 2.24) is 0 Å². The van der Waals surface area contributed by atoms with Gasteiger partial charge in [-0.25, -0.2) is 0 Å². The second kappa shape index (κ2) is 8.02. The Morgan fingerprint density at radius 1 is 1.18 bits per heavy atom. The van der Waals surface area contributed by atoms with E-state index in [9.17, 15) is 4.79 Å². The van der Waals surface area contributed by atoms with Crippen molar-refractivity contribution in [3.05, 3.63) is 59.5 Å². The lowest BCUT2D eigenvalue weighted by Gasteiger charge is -2.07. The predicted molar refractivity (Wildman–Crippen MR) is 82.5 cm³/mol. The number of aryl methyl sites for hydroxylation is 1. The van der Waals surface area contributed by atoms with Crippen LogP contribution in [0.25, 0.3) is 0 Å². The van der Waals surface area contributed by atoms with E-state index >= 15 is 0 Å². The number of carbonyl (C=O) groups is 1. The number of rotatable bonds is 7. The number of benzene rings is 1. The van der Waals surface area contributed by atoms with Gasteiger partial charge in [0, 0.05) is 6.42 Å². The zero-order valence-electron chi connectivity index (χ0n) is 12.7. The molecule has 22 heavy (non-hydrogen) atoms. The molecule has 0 spiro atoms. The molecule has 0 bridgehead atoms. The zero-order chi connectivity index (χ0) is 15.8. The summed E-state index contributed by atoms with van der Waals surface area (Å²) in [7, 11) is 1.49. The lowest BCUT2D eigenvalue weighted by molar-refractivity contribution is -0.145. The number of carbonyl (C=O) groups excluding carboxylic acids is 1. The third kappa shape index (κ3) is 4.77. The summed E-state index contributed by atoms with van der Waals surface area (Å²) in [5.74, 6) is 0.324. The summed E-state index contributed by atoms with van der Waals surface area (Å²) in [6.45, 7) is 2.16. The summed E-state index contributed by atoms with van der Waals surface area (Å²) < 4.78 is 10.2. The summed E-state index contributed by atoms with van der Waals surface area (Å²) in [5.41, 5.74) is 2.82. The SMILES string of the molecule is CO/N=C(\CCC(=O)OCc1ccco1)c1ccc(C)cc1. The van der Waals surface area contributed by atoms with E-state index in [1.54, 1.807) is 18.4 Å². The minimum Gasteiger partial charge on any atom is -0.466 e. The Bertz CT molecular complexity index is 615. The Morgan fingerprint density at radius 3 is 2.59 bits per heavy atom. The molecule has 0 aliphatic carbocycles. The maximum Gasteiger partial charge on any atom is 0.306 e. The third-order valence-electron chi connectivity index (χ3n) is 3.11. The number of nitrogens with zero attached hydrogens (tertiary/aromatic N) is 1. The highest BCUT2D eigenvalue weighted by molar-refractivity contribution is 6.01. The molecule has 1 aromatic heterocycles. The first-order valence-electron chi connectivity index (χ1n) is 7.04. The number of esters is 1. The van der Waals surface area contributed by atoms with Crippen LogP contribution < -0.4 is 0 Å². The molecule has 0 aliphatic heterocycles. The summed E-state index contributed by atoms with van der Waals surface area (Å²) in [6.07, 6.45) is 2.23. The van der Waals surface area contributed by atoms with Gasteiger partial charge in [-0.05, 0) is 24.6 Å². The van der Waals surface area contributed by atoms with Gasteiger partial charge in [0.25, 0.3) is 0 Å². The molecule has 2 aromatic rings. The van der Waals surface area contributed by atoms with Gasteiger partial charge in [0.05, 0.1) is 18.4 Å². The summed E-state index contributed by atoms with van der Waals surface area (Å²) >= 11 is 0. The van der Waals surface area contributed by atoms with E-state index in [1.165, 1.54) is 12.7 Å². The van der Waals surface area contributed by atoms with Gasteiger partial charge < -0.3 is 14.0 Å². The van der Waals surface area contributed by atoms with Gasteiger partial charge >= 0.3 is 5.97 Å². The fraction of sp³-hybridized carbons (Fsp3) is 0.294. The summed E-state index contributed by atoms with van der Waals surface area (Å²) in [4.78, 5) is 16.6. The monoisotopic (exact) mass is 301 g/mol. The van der Waals surface area contributed by atoms with Crippen molar-refractivity contribution >= 4 is 11.7 Å². The minimum absolute atomic E-state index is 0.146. The fourth-order valence-electron chi connectivity index (χ4n) is 1.94. The Morgan fingerprint density at radius 2 is 1.95 bits per heavy atom. The maximum absolute atomic E-state index is 11.8. The van der Waals surface area contributed by atoms with Crippen LogP contribution in [0, 0.1) is 6.92 Å². The molecule has 0 N–H and O–H groups in total. The van der Waals surface area contributed by atoms with Crippen molar-refractivity contribution in [3.8, 4) is 0 Å². The predicted octanol–water partition coefficient (Wildman–Crippen LogP) is 3.46. The summed E-state index contributed by atoms with van der Waals surface area (Å²) in [5, 5.41) is 4.00. The number of oxime groups is 1. The van der Waals surface area contributed by atoms with Crippen molar-refractivity contribution in [3.63, 3.8) is 0 Å². The average Bonchev–Trinajstić information content (AvgIpc) is 3.04. The first-order valence-corrected chi connectivity index (χ1v) is 7.04. The topological polar surface area (TPSA) is 61.0 Å². The van der Waals surface area contributed by atoms with E-state index in [2.05, 4.69) is 5.16 Å². The van der Waals surface area contributed by atoms with Crippen LogP contribution in [0.2, 0.25) is 0 Å². The Labute approximate surface area is 129 Å². The summed E-state index contributed by atoms with van der Waals surface area (Å²) in [6, 6.07) is 11.4. The molecule has 5 nitrogen and oxygen atoms in total. The van der Waals surface area contributed by atoms with Crippen molar-refractivity contribution < 1.29 is 18.8 Å². The van der Waals surface area contributed by atoms with E-state index < -0.39 is 0 Å². The standard InChI is InChI=1S/C17H19NO4/c1-13-5-7-14(8-6-13)16(18-20-2)9-10-17(19)22-12-15-4-3-11-21-15/h3-8,11H,9-10,12H2,1-2H3/b18-16+. The number of ether oxygens (including phenoxy) is 1. The van der Waals surface area contributed by atoms with Crippen LogP contribution in [0.3, 0.4) is 0 Å². The fourth-order valence-corrected chi connectivity index (χ4v) is 1.94. The molecule has 0 saturated carbocycles. The van der Waals surface area contributed by atoms with Gasteiger partial charge in [-0.2, -0.15) is 0 Å². The normalized spacial score (nSPS) is 11.3. The van der Waals surface area contributed by atoms with Crippen LogP contribution in [-0.2, 0) is 21.0 Å². The number of hydrogen-bond acceptors (Lipinski definition) is 5. The van der Waals surface area contributed by atoms with Crippen LogP contribution in [0.4, 0.5) is 0 Å². The minimum atomic E-state index is -0.299. The second-order valence-corrected chi connectivity index (χ2v) is 4.83. The largest absolute Gasteiger partial charge is 0.466 e. The van der Waals surface area contributed by atoms with Crippen molar-refractivity contribution in [2.75, 3.05) is 7.11 Å². The van der Waals surface area contributed by atoms with E-state index in [0.29, 0.717) is 12.2 Å². The van der Waals surface area contributed by atoms with Crippen molar-refractivity contribution in [2.45, 2.75) is 26.4 Å². The van der Waals surface area contributed by atoms with Crippen molar-refractivity contribution in [1.29, 1.82) is 0 Å². The maximum atomic E-state index is 11.8. The van der Waals surface area contributed by atoms with E-state index in [0.717, 1.165) is 11.3 Å². The molecule has 116 valence electrons. The number of hydrogen-bond donors (Lipinski definition) is 0. The number of furan rings is 1. The van der Waals surface area contributed by atoms with Gasteiger partial charge in [-0.1, -0.05) is 35.0 Å². The molecule has 0 amide bonds. The molecule has 0 radical (unpaired) electrons. The van der Waals surface area contributed by atoms with Crippen LogP contribution in [0.5, 0.6) is 0 Å². The van der Waals surface area contributed by atoms with Gasteiger partial charge in [0.2, 0.25) is 0 Å². The average molecular weight is 301 g/mol. The molecular weight excluding hydrogens is 282 g/mol. The van der Waals surface area contributed by atoms with Gasteiger partial charge in [0.15, 0.2) is 0 Å². The quantitative estimate of drug-likeness (QED) is 0.446. The van der Waals surface area contributed by atoms with E-state index in [1.807, 2.05) is 31.2 Å².